The number of pyridine rings is 1. The number of oxazole rings is 1. The fourth-order valence-corrected chi connectivity index (χ4v) is 3.14. The second-order valence-corrected chi connectivity index (χ2v) is 5.32. The van der Waals surface area contributed by atoms with Crippen LogP contribution >= 0.6 is 0 Å². The van der Waals surface area contributed by atoms with Gasteiger partial charge in [-0.15, -0.1) is 0 Å². The van der Waals surface area contributed by atoms with Crippen LogP contribution in [-0.2, 0) is 0 Å². The number of carbonyl (C=O) groups is 1. The molecule has 1 amide bonds. The first-order valence-corrected chi connectivity index (χ1v) is 6.53. The summed E-state index contributed by atoms with van der Waals surface area (Å²) in [4.78, 5) is 20.3. The third-order valence-corrected chi connectivity index (χ3v) is 4.10. The molecule has 2 aromatic rings. The molecular formula is C13H14N4O2. The van der Waals surface area contributed by atoms with Crippen molar-refractivity contribution in [3.63, 3.8) is 0 Å². The number of amides is 1. The number of hydrogen-bond acceptors (Lipinski definition) is 5. The maximum absolute atomic E-state index is 12.2. The van der Waals surface area contributed by atoms with Crippen molar-refractivity contribution in [2.75, 3.05) is 6.54 Å². The highest BCUT2D eigenvalue weighted by molar-refractivity contribution is 5.95. The van der Waals surface area contributed by atoms with E-state index in [0.717, 1.165) is 13.0 Å². The number of fused-ring (bicyclic) bond motifs is 3. The van der Waals surface area contributed by atoms with E-state index in [-0.39, 0.29) is 11.9 Å². The number of hydrogen-bond donors (Lipinski definition) is 2. The molecule has 2 aliphatic rings. The van der Waals surface area contributed by atoms with Crippen molar-refractivity contribution in [2.45, 2.75) is 24.9 Å². The largest absolute Gasteiger partial charge is 0.442 e. The molecule has 0 spiro atoms. The molecule has 2 N–H and O–H groups in total. The highest BCUT2D eigenvalue weighted by Crippen LogP contribution is 2.31. The average molecular weight is 258 g/mol. The number of piperidine rings is 1. The fraction of sp³-hybridized carbons (Fsp3) is 0.462. The molecule has 0 unspecified atom stereocenters. The van der Waals surface area contributed by atoms with Crippen molar-refractivity contribution in [1.82, 2.24) is 20.6 Å². The summed E-state index contributed by atoms with van der Waals surface area (Å²) in [6.07, 6.45) is 5.13. The van der Waals surface area contributed by atoms with E-state index >= 15 is 0 Å². The Morgan fingerprint density at radius 2 is 2.37 bits per heavy atom. The number of aromatic nitrogens is 2. The Bertz CT molecular complexity index is 638. The van der Waals surface area contributed by atoms with Crippen LogP contribution in [0.1, 0.15) is 23.3 Å². The van der Waals surface area contributed by atoms with Crippen LogP contribution in [0, 0.1) is 5.92 Å². The maximum Gasteiger partial charge on any atom is 0.270 e. The SMILES string of the molecule is O=C(N[C@@H]1C[C@H]2CN[C@@H]1C2)c1cc2ncoc2cn1. The fourth-order valence-electron chi connectivity index (χ4n) is 3.14. The molecule has 3 heterocycles. The summed E-state index contributed by atoms with van der Waals surface area (Å²) in [6, 6.07) is 2.31. The molecule has 1 aliphatic carbocycles. The average Bonchev–Trinajstić information content (AvgIpc) is 3.13. The van der Waals surface area contributed by atoms with Gasteiger partial charge in [-0.1, -0.05) is 0 Å². The van der Waals surface area contributed by atoms with Gasteiger partial charge in [0, 0.05) is 12.1 Å². The van der Waals surface area contributed by atoms with Crippen LogP contribution in [0.3, 0.4) is 0 Å². The third kappa shape index (κ3) is 1.79. The lowest BCUT2D eigenvalue weighted by atomic mass is 10.1. The van der Waals surface area contributed by atoms with Gasteiger partial charge < -0.3 is 15.1 Å². The molecule has 0 radical (unpaired) electrons. The van der Waals surface area contributed by atoms with Crippen LogP contribution in [0.25, 0.3) is 11.1 Å². The Labute approximate surface area is 109 Å². The number of nitrogens with zero attached hydrogens (tertiary/aromatic N) is 2. The second kappa shape index (κ2) is 4.03. The normalized spacial score (nSPS) is 28.9. The van der Waals surface area contributed by atoms with Crippen molar-refractivity contribution in [3.8, 4) is 0 Å². The van der Waals surface area contributed by atoms with Crippen molar-refractivity contribution < 1.29 is 9.21 Å². The van der Waals surface area contributed by atoms with Crippen LogP contribution in [0.5, 0.6) is 0 Å². The summed E-state index contributed by atoms with van der Waals surface area (Å²) in [6.45, 7) is 1.08. The van der Waals surface area contributed by atoms with Gasteiger partial charge in [-0.2, -0.15) is 0 Å². The predicted molar refractivity (Wildman–Crippen MR) is 67.6 cm³/mol. The summed E-state index contributed by atoms with van der Waals surface area (Å²) in [5.41, 5.74) is 1.65. The quantitative estimate of drug-likeness (QED) is 0.829. The second-order valence-electron chi connectivity index (χ2n) is 5.32. The number of nitrogens with one attached hydrogen (secondary N) is 2. The van der Waals surface area contributed by atoms with Gasteiger partial charge in [0.25, 0.3) is 5.91 Å². The first-order valence-electron chi connectivity index (χ1n) is 6.53. The van der Waals surface area contributed by atoms with E-state index < -0.39 is 0 Å². The zero-order valence-electron chi connectivity index (χ0n) is 10.3. The van der Waals surface area contributed by atoms with Gasteiger partial charge >= 0.3 is 0 Å². The van der Waals surface area contributed by atoms with Gasteiger partial charge in [-0.3, -0.25) is 4.79 Å². The molecule has 6 nitrogen and oxygen atoms in total. The molecule has 1 saturated carbocycles. The highest BCUT2D eigenvalue weighted by Gasteiger charge is 2.40. The van der Waals surface area contributed by atoms with Gasteiger partial charge in [0.2, 0.25) is 0 Å². The Kier molecular flexibility index (Phi) is 2.32. The van der Waals surface area contributed by atoms with Crippen molar-refractivity contribution >= 4 is 17.0 Å². The molecule has 2 fully saturated rings. The van der Waals surface area contributed by atoms with Crippen LogP contribution in [0.15, 0.2) is 23.1 Å². The minimum atomic E-state index is -0.135. The van der Waals surface area contributed by atoms with Gasteiger partial charge in [-0.05, 0) is 31.4 Å². The van der Waals surface area contributed by atoms with Gasteiger partial charge in [-0.25, -0.2) is 9.97 Å². The summed E-state index contributed by atoms with van der Waals surface area (Å²) in [5, 5.41) is 6.49. The Hall–Kier alpha value is -1.95. The topological polar surface area (TPSA) is 80.0 Å². The molecule has 0 aromatic carbocycles. The molecule has 1 saturated heterocycles. The van der Waals surface area contributed by atoms with Crippen LogP contribution in [0.4, 0.5) is 0 Å². The molecule has 6 heteroatoms. The molecule has 19 heavy (non-hydrogen) atoms. The summed E-state index contributed by atoms with van der Waals surface area (Å²) in [5.74, 6) is 0.575. The first-order chi connectivity index (χ1) is 9.29. The van der Waals surface area contributed by atoms with Gasteiger partial charge in [0.15, 0.2) is 12.0 Å². The zero-order valence-corrected chi connectivity index (χ0v) is 10.3. The van der Waals surface area contributed by atoms with Crippen molar-refractivity contribution in [1.29, 1.82) is 0 Å². The third-order valence-electron chi connectivity index (χ3n) is 4.10. The molecular weight excluding hydrogens is 244 g/mol. The monoisotopic (exact) mass is 258 g/mol. The molecule has 3 atom stereocenters. The summed E-state index contributed by atoms with van der Waals surface area (Å²) < 4.78 is 5.11. The van der Waals surface area contributed by atoms with E-state index in [0.29, 0.717) is 28.8 Å². The minimum absolute atomic E-state index is 0.135. The molecule has 98 valence electrons. The zero-order chi connectivity index (χ0) is 12.8. The van der Waals surface area contributed by atoms with Gasteiger partial charge in [0.05, 0.1) is 6.20 Å². The van der Waals surface area contributed by atoms with Crippen LogP contribution in [-0.4, -0.2) is 34.5 Å². The van der Waals surface area contributed by atoms with E-state index in [1.807, 2.05) is 0 Å². The molecule has 2 bridgehead atoms. The lowest BCUT2D eigenvalue weighted by Gasteiger charge is -2.23. The smallest absolute Gasteiger partial charge is 0.270 e. The van der Waals surface area contributed by atoms with E-state index in [2.05, 4.69) is 20.6 Å². The maximum atomic E-state index is 12.2. The standard InChI is InChI=1S/C13H14N4O2/c18-13(17-9-2-7-1-8(9)14-4-7)11-3-10-12(5-15-11)19-6-16-10/h3,5-9,14H,1-2,4H2,(H,17,18)/t7-,8+,9+/m0/s1. The Morgan fingerprint density at radius 1 is 1.42 bits per heavy atom. The highest BCUT2D eigenvalue weighted by atomic mass is 16.3. The van der Waals surface area contributed by atoms with E-state index in [1.165, 1.54) is 19.0 Å². The number of rotatable bonds is 2. The van der Waals surface area contributed by atoms with Gasteiger partial charge in [0.1, 0.15) is 11.2 Å². The van der Waals surface area contributed by atoms with Crippen molar-refractivity contribution in [3.05, 3.63) is 24.4 Å². The Balaban J connectivity index is 1.53. The first kappa shape index (κ1) is 10.9. The van der Waals surface area contributed by atoms with Crippen LogP contribution in [0.2, 0.25) is 0 Å². The number of carbonyl (C=O) groups excluding carboxylic acids is 1. The molecule has 1 aliphatic heterocycles. The van der Waals surface area contributed by atoms with E-state index in [9.17, 15) is 4.79 Å². The summed E-state index contributed by atoms with van der Waals surface area (Å²) >= 11 is 0. The van der Waals surface area contributed by atoms with Crippen molar-refractivity contribution in [2.24, 2.45) is 5.92 Å². The minimum Gasteiger partial charge on any atom is -0.442 e. The summed E-state index contributed by atoms with van der Waals surface area (Å²) in [7, 11) is 0. The molecule has 2 aromatic heterocycles. The molecule has 4 rings (SSSR count). The van der Waals surface area contributed by atoms with E-state index in [1.54, 1.807) is 6.07 Å². The van der Waals surface area contributed by atoms with E-state index in [4.69, 9.17) is 4.42 Å². The predicted octanol–water partition coefficient (Wildman–Crippen LogP) is 0.703. The van der Waals surface area contributed by atoms with Crippen LogP contribution < -0.4 is 10.6 Å². The lowest BCUT2D eigenvalue weighted by molar-refractivity contribution is 0.0923. The lowest BCUT2D eigenvalue weighted by Crippen LogP contribution is -2.48. The Morgan fingerprint density at radius 3 is 3.16 bits per heavy atom.